The Kier molecular flexibility index (Phi) is 3.12. The number of hydrogen-bond acceptors (Lipinski definition) is 2. The van der Waals surface area contributed by atoms with Crippen molar-refractivity contribution in [2.24, 2.45) is 0 Å². The highest BCUT2D eigenvalue weighted by Crippen LogP contribution is 2.25. The van der Waals surface area contributed by atoms with Gasteiger partial charge in [-0.25, -0.2) is 9.78 Å². The van der Waals surface area contributed by atoms with Crippen molar-refractivity contribution < 1.29 is 9.90 Å². The number of hydrogen-bond donors (Lipinski definition) is 1. The van der Waals surface area contributed by atoms with Gasteiger partial charge in [0, 0.05) is 10.0 Å². The van der Waals surface area contributed by atoms with Gasteiger partial charge in [0.1, 0.15) is 6.33 Å². The smallest absolute Gasteiger partial charge is 0.335 e. The molecule has 0 saturated carbocycles. The molecule has 3 rings (SSSR count). The summed E-state index contributed by atoms with van der Waals surface area (Å²) in [5.41, 5.74) is 2.36. The predicted octanol–water partition coefficient (Wildman–Crippen LogP) is 4.03. The van der Waals surface area contributed by atoms with Gasteiger partial charge < -0.3 is 5.11 Å². The number of imidazole rings is 1. The van der Waals surface area contributed by atoms with E-state index in [2.05, 4.69) is 4.98 Å². The molecule has 1 N–H and O–H groups in total. The number of fused-ring (bicyclic) bond motifs is 1. The Morgan fingerprint density at radius 2 is 1.80 bits per heavy atom. The Hall–Kier alpha value is -2.04. The van der Waals surface area contributed by atoms with Crippen LogP contribution in [0.5, 0.6) is 0 Å². The second kappa shape index (κ2) is 4.81. The van der Waals surface area contributed by atoms with Crippen molar-refractivity contribution in [3.63, 3.8) is 0 Å². The molecular weight excluding hydrogens is 299 g/mol. The molecule has 0 fully saturated rings. The minimum atomic E-state index is -0.979. The lowest BCUT2D eigenvalue weighted by molar-refractivity contribution is 0.0697. The van der Waals surface area contributed by atoms with Gasteiger partial charge in [-0.2, -0.15) is 0 Å². The van der Waals surface area contributed by atoms with Crippen LogP contribution in [-0.4, -0.2) is 20.6 Å². The molecule has 0 atom stereocenters. The van der Waals surface area contributed by atoms with E-state index in [9.17, 15) is 4.79 Å². The van der Waals surface area contributed by atoms with Crippen LogP contribution in [0.4, 0.5) is 0 Å². The SMILES string of the molecule is O=C(O)c1ccc2c(c1)ncn2-c1cc(Cl)cc(Cl)c1. The van der Waals surface area contributed by atoms with Crippen LogP contribution < -0.4 is 0 Å². The van der Waals surface area contributed by atoms with Gasteiger partial charge >= 0.3 is 5.97 Å². The zero-order valence-electron chi connectivity index (χ0n) is 10.0. The van der Waals surface area contributed by atoms with Gasteiger partial charge in [-0.1, -0.05) is 23.2 Å². The highest BCUT2D eigenvalue weighted by atomic mass is 35.5. The first-order chi connectivity index (χ1) is 9.54. The molecule has 3 aromatic rings. The van der Waals surface area contributed by atoms with Crippen LogP contribution in [-0.2, 0) is 0 Å². The summed E-state index contributed by atoms with van der Waals surface area (Å²) in [5.74, 6) is -0.979. The van der Waals surface area contributed by atoms with Crippen LogP contribution in [0.3, 0.4) is 0 Å². The maximum atomic E-state index is 10.9. The summed E-state index contributed by atoms with van der Waals surface area (Å²) in [6, 6.07) is 9.95. The Balaban J connectivity index is 2.19. The fraction of sp³-hybridized carbons (Fsp3) is 0. The van der Waals surface area contributed by atoms with Crippen molar-refractivity contribution in [3.05, 3.63) is 58.3 Å². The molecule has 1 heterocycles. The third-order valence-corrected chi connectivity index (χ3v) is 3.36. The van der Waals surface area contributed by atoms with E-state index in [-0.39, 0.29) is 5.56 Å². The Bertz CT molecular complexity index is 807. The third kappa shape index (κ3) is 2.24. The van der Waals surface area contributed by atoms with Crippen LogP contribution in [0.25, 0.3) is 16.7 Å². The number of carbonyl (C=O) groups is 1. The molecule has 1 aromatic heterocycles. The number of carboxylic acids is 1. The number of aromatic nitrogens is 2. The van der Waals surface area contributed by atoms with E-state index in [1.807, 2.05) is 0 Å². The molecule has 0 aliphatic rings. The Morgan fingerprint density at radius 1 is 1.10 bits per heavy atom. The predicted molar refractivity (Wildman–Crippen MR) is 78.0 cm³/mol. The van der Waals surface area contributed by atoms with Gasteiger partial charge in [-0.15, -0.1) is 0 Å². The number of nitrogens with zero attached hydrogens (tertiary/aromatic N) is 2. The van der Waals surface area contributed by atoms with Crippen molar-refractivity contribution in [2.75, 3.05) is 0 Å². The summed E-state index contributed by atoms with van der Waals surface area (Å²) < 4.78 is 1.80. The Morgan fingerprint density at radius 3 is 2.45 bits per heavy atom. The van der Waals surface area contributed by atoms with Gasteiger partial charge in [0.2, 0.25) is 0 Å². The normalized spacial score (nSPS) is 10.9. The van der Waals surface area contributed by atoms with E-state index in [0.717, 1.165) is 11.2 Å². The fourth-order valence-corrected chi connectivity index (χ4v) is 2.54. The first-order valence-corrected chi connectivity index (χ1v) is 6.47. The molecule has 20 heavy (non-hydrogen) atoms. The molecule has 0 aliphatic carbocycles. The average Bonchev–Trinajstić information content (AvgIpc) is 2.80. The van der Waals surface area contributed by atoms with Crippen molar-refractivity contribution in [1.82, 2.24) is 9.55 Å². The van der Waals surface area contributed by atoms with E-state index in [1.54, 1.807) is 35.2 Å². The minimum Gasteiger partial charge on any atom is -0.478 e. The molecule has 100 valence electrons. The summed E-state index contributed by atoms with van der Waals surface area (Å²) in [5, 5.41) is 10.0. The molecule has 0 unspecified atom stereocenters. The fourth-order valence-electron chi connectivity index (χ4n) is 2.03. The van der Waals surface area contributed by atoms with Crippen LogP contribution >= 0.6 is 23.2 Å². The quantitative estimate of drug-likeness (QED) is 0.777. The largest absolute Gasteiger partial charge is 0.478 e. The van der Waals surface area contributed by atoms with Gasteiger partial charge in [0.05, 0.1) is 22.3 Å². The molecule has 4 nitrogen and oxygen atoms in total. The molecular formula is C14H8Cl2N2O2. The van der Waals surface area contributed by atoms with Crippen LogP contribution in [0.2, 0.25) is 10.0 Å². The lowest BCUT2D eigenvalue weighted by Gasteiger charge is -2.06. The monoisotopic (exact) mass is 306 g/mol. The van der Waals surface area contributed by atoms with Crippen molar-refractivity contribution >= 4 is 40.2 Å². The lowest BCUT2D eigenvalue weighted by Crippen LogP contribution is -1.96. The van der Waals surface area contributed by atoms with Crippen LogP contribution in [0.15, 0.2) is 42.7 Å². The standard InChI is InChI=1S/C14H8Cl2N2O2/c15-9-4-10(16)6-11(5-9)18-7-17-12-3-8(14(19)20)1-2-13(12)18/h1-7H,(H,19,20). The topological polar surface area (TPSA) is 55.1 Å². The molecule has 0 aliphatic heterocycles. The molecule has 0 spiro atoms. The van der Waals surface area contributed by atoms with Gasteiger partial charge in [0.15, 0.2) is 0 Å². The third-order valence-electron chi connectivity index (χ3n) is 2.92. The Labute approximate surface area is 124 Å². The molecule has 0 radical (unpaired) electrons. The zero-order valence-corrected chi connectivity index (χ0v) is 11.6. The molecule has 6 heteroatoms. The summed E-state index contributed by atoms with van der Waals surface area (Å²) in [7, 11) is 0. The van der Waals surface area contributed by atoms with E-state index >= 15 is 0 Å². The molecule has 2 aromatic carbocycles. The number of carboxylic acid groups (broad SMARTS) is 1. The van der Waals surface area contributed by atoms with Gasteiger partial charge in [0.25, 0.3) is 0 Å². The number of rotatable bonds is 2. The number of halogens is 2. The summed E-state index contributed by atoms with van der Waals surface area (Å²) in [4.78, 5) is 15.2. The highest BCUT2D eigenvalue weighted by Gasteiger charge is 2.09. The zero-order chi connectivity index (χ0) is 14.3. The average molecular weight is 307 g/mol. The van der Waals surface area contributed by atoms with Crippen molar-refractivity contribution in [2.45, 2.75) is 0 Å². The van der Waals surface area contributed by atoms with E-state index in [1.165, 1.54) is 12.1 Å². The molecule has 0 saturated heterocycles. The minimum absolute atomic E-state index is 0.201. The van der Waals surface area contributed by atoms with Crippen molar-refractivity contribution in [1.29, 1.82) is 0 Å². The van der Waals surface area contributed by atoms with Crippen molar-refractivity contribution in [3.8, 4) is 5.69 Å². The molecule has 0 bridgehead atoms. The maximum Gasteiger partial charge on any atom is 0.335 e. The van der Waals surface area contributed by atoms with E-state index in [4.69, 9.17) is 28.3 Å². The van der Waals surface area contributed by atoms with Gasteiger partial charge in [-0.3, -0.25) is 4.57 Å². The first-order valence-electron chi connectivity index (χ1n) is 5.71. The summed E-state index contributed by atoms with van der Waals surface area (Å²) in [6.07, 6.45) is 1.61. The highest BCUT2D eigenvalue weighted by molar-refractivity contribution is 6.34. The van der Waals surface area contributed by atoms with Gasteiger partial charge in [-0.05, 0) is 36.4 Å². The second-order valence-electron chi connectivity index (χ2n) is 4.25. The van der Waals surface area contributed by atoms with E-state index < -0.39 is 5.97 Å². The summed E-state index contributed by atoms with van der Waals surface area (Å²) in [6.45, 7) is 0. The van der Waals surface area contributed by atoms with E-state index in [0.29, 0.717) is 15.6 Å². The second-order valence-corrected chi connectivity index (χ2v) is 5.12. The molecule has 0 amide bonds. The first kappa shape index (κ1) is 13.0. The number of aromatic carboxylic acids is 1. The lowest BCUT2D eigenvalue weighted by atomic mass is 10.2. The maximum absolute atomic E-state index is 10.9. The van der Waals surface area contributed by atoms with Crippen LogP contribution in [0.1, 0.15) is 10.4 Å². The number of benzene rings is 2. The summed E-state index contributed by atoms with van der Waals surface area (Å²) >= 11 is 12.0. The van der Waals surface area contributed by atoms with Crippen LogP contribution in [0, 0.1) is 0 Å².